The van der Waals surface area contributed by atoms with Crippen LogP contribution >= 0.6 is 0 Å². The van der Waals surface area contributed by atoms with Crippen LogP contribution in [0.5, 0.6) is 0 Å². The molecule has 0 aliphatic heterocycles. The van der Waals surface area contributed by atoms with Gasteiger partial charge >= 0.3 is 6.09 Å². The Hall–Kier alpha value is -3.39. The van der Waals surface area contributed by atoms with Gasteiger partial charge in [-0.25, -0.2) is 4.79 Å². The number of hydrogen-bond donors (Lipinski definition) is 3. The highest BCUT2D eigenvalue weighted by atomic mass is 16.6. The third kappa shape index (κ3) is 9.34. The Labute approximate surface area is 214 Å². The van der Waals surface area contributed by atoms with Crippen LogP contribution < -0.4 is 10.6 Å². The lowest BCUT2D eigenvalue weighted by atomic mass is 10.0. The Morgan fingerprint density at radius 1 is 0.972 bits per heavy atom. The largest absolute Gasteiger partial charge is 0.444 e. The van der Waals surface area contributed by atoms with E-state index in [0.29, 0.717) is 18.5 Å². The summed E-state index contributed by atoms with van der Waals surface area (Å²) in [6.45, 7) is 7.15. The zero-order chi connectivity index (χ0) is 26.6. The number of nitrogens with zero attached hydrogens (tertiary/aromatic N) is 1. The van der Waals surface area contributed by atoms with Crippen LogP contribution in [0.3, 0.4) is 0 Å². The summed E-state index contributed by atoms with van der Waals surface area (Å²) in [5, 5.41) is 15.4. The molecule has 0 saturated carbocycles. The second kappa shape index (κ2) is 14.2. The molecule has 36 heavy (non-hydrogen) atoms. The molecule has 0 fully saturated rings. The Morgan fingerprint density at radius 2 is 1.58 bits per heavy atom. The molecule has 0 spiro atoms. The molecule has 3 N–H and O–H groups in total. The van der Waals surface area contributed by atoms with E-state index < -0.39 is 36.3 Å². The monoisotopic (exact) mass is 497 g/mol. The second-order valence-corrected chi connectivity index (χ2v) is 9.64. The molecule has 0 aliphatic rings. The molecule has 0 aliphatic carbocycles. The third-order valence-corrected chi connectivity index (χ3v) is 5.44. The van der Waals surface area contributed by atoms with Crippen molar-refractivity contribution < 1.29 is 24.2 Å². The van der Waals surface area contributed by atoms with Crippen molar-refractivity contribution in [2.45, 2.75) is 71.2 Å². The van der Waals surface area contributed by atoms with Gasteiger partial charge in [0.05, 0.1) is 6.61 Å². The summed E-state index contributed by atoms with van der Waals surface area (Å²) in [6.07, 6.45) is 1.65. The standard InChI is InChI=1S/C28H39N3O5/c1-5-6-13-18-31(26(34)23(20-32)30-27(35)36-28(2,3)4)24(22-16-11-8-12-17-22)25(33)29-19-21-14-9-7-10-15-21/h7-12,14-17,23-24,32H,5-6,13,18-20H2,1-4H3,(H,29,33)(H,30,35). The van der Waals surface area contributed by atoms with Gasteiger partial charge in [-0.05, 0) is 38.3 Å². The molecule has 0 aromatic heterocycles. The quantitative estimate of drug-likeness (QED) is 0.385. The number of carbonyl (C=O) groups is 3. The normalized spacial score (nSPS) is 12.8. The second-order valence-electron chi connectivity index (χ2n) is 9.64. The van der Waals surface area contributed by atoms with E-state index in [1.54, 1.807) is 32.9 Å². The van der Waals surface area contributed by atoms with Crippen LogP contribution in [-0.4, -0.2) is 52.7 Å². The smallest absolute Gasteiger partial charge is 0.408 e. The number of aliphatic hydroxyl groups is 1. The molecule has 0 radical (unpaired) electrons. The van der Waals surface area contributed by atoms with Crippen LogP contribution in [0.25, 0.3) is 0 Å². The van der Waals surface area contributed by atoms with E-state index >= 15 is 0 Å². The van der Waals surface area contributed by atoms with Crippen molar-refractivity contribution in [2.24, 2.45) is 0 Å². The molecule has 2 atom stereocenters. The van der Waals surface area contributed by atoms with E-state index in [9.17, 15) is 19.5 Å². The highest BCUT2D eigenvalue weighted by molar-refractivity contribution is 5.92. The summed E-state index contributed by atoms with van der Waals surface area (Å²) in [4.78, 5) is 41.0. The molecule has 0 bridgehead atoms. The minimum Gasteiger partial charge on any atom is -0.444 e. The van der Waals surface area contributed by atoms with Gasteiger partial charge in [-0.15, -0.1) is 0 Å². The Bertz CT molecular complexity index is 960. The van der Waals surface area contributed by atoms with E-state index in [4.69, 9.17) is 4.74 Å². The molecule has 0 saturated heterocycles. The van der Waals surface area contributed by atoms with Crippen molar-refractivity contribution in [3.8, 4) is 0 Å². The summed E-state index contributed by atoms with van der Waals surface area (Å²) in [5.41, 5.74) is 0.806. The fourth-order valence-corrected chi connectivity index (χ4v) is 3.72. The minimum absolute atomic E-state index is 0.289. The first-order valence-corrected chi connectivity index (χ1v) is 12.4. The minimum atomic E-state index is -1.25. The number of carbonyl (C=O) groups excluding carboxylic acids is 3. The fraction of sp³-hybridized carbons (Fsp3) is 0.464. The Balaban J connectivity index is 2.34. The third-order valence-electron chi connectivity index (χ3n) is 5.44. The van der Waals surface area contributed by atoms with E-state index in [1.165, 1.54) is 4.90 Å². The van der Waals surface area contributed by atoms with Crippen molar-refractivity contribution in [1.29, 1.82) is 0 Å². The van der Waals surface area contributed by atoms with Crippen molar-refractivity contribution in [2.75, 3.05) is 13.2 Å². The zero-order valence-corrected chi connectivity index (χ0v) is 21.7. The highest BCUT2D eigenvalue weighted by Gasteiger charge is 2.35. The van der Waals surface area contributed by atoms with Crippen LogP contribution in [0, 0.1) is 0 Å². The summed E-state index contributed by atoms with van der Waals surface area (Å²) >= 11 is 0. The first-order chi connectivity index (χ1) is 17.2. The number of benzene rings is 2. The van der Waals surface area contributed by atoms with Gasteiger partial charge < -0.3 is 25.4 Å². The topological polar surface area (TPSA) is 108 Å². The van der Waals surface area contributed by atoms with Gasteiger partial charge in [-0.2, -0.15) is 0 Å². The van der Waals surface area contributed by atoms with E-state index in [-0.39, 0.29) is 12.5 Å². The van der Waals surface area contributed by atoms with E-state index in [0.717, 1.165) is 18.4 Å². The molecular weight excluding hydrogens is 458 g/mol. The first kappa shape index (κ1) is 28.8. The number of unbranched alkanes of at least 4 members (excludes halogenated alkanes) is 2. The van der Waals surface area contributed by atoms with Gasteiger partial charge in [-0.1, -0.05) is 80.4 Å². The average molecular weight is 498 g/mol. The lowest BCUT2D eigenvalue weighted by Crippen LogP contribution is -2.54. The van der Waals surface area contributed by atoms with Gasteiger partial charge in [0.2, 0.25) is 11.8 Å². The molecule has 2 rings (SSSR count). The summed E-state index contributed by atoms with van der Waals surface area (Å²) in [7, 11) is 0. The number of nitrogens with one attached hydrogen (secondary N) is 2. The number of ether oxygens (including phenoxy) is 1. The van der Waals surface area contributed by atoms with Gasteiger partial charge in [0, 0.05) is 13.1 Å². The fourth-order valence-electron chi connectivity index (χ4n) is 3.72. The summed E-state index contributed by atoms with van der Waals surface area (Å²) < 4.78 is 5.27. The lowest BCUT2D eigenvalue weighted by Gasteiger charge is -2.34. The summed E-state index contributed by atoms with van der Waals surface area (Å²) in [6, 6.07) is 16.4. The summed E-state index contributed by atoms with van der Waals surface area (Å²) in [5.74, 6) is -0.896. The molecule has 0 heterocycles. The van der Waals surface area contributed by atoms with Crippen LogP contribution in [0.2, 0.25) is 0 Å². The van der Waals surface area contributed by atoms with Gasteiger partial charge in [0.25, 0.3) is 0 Å². The zero-order valence-electron chi connectivity index (χ0n) is 21.7. The molecule has 3 amide bonds. The molecule has 2 aromatic rings. The number of amides is 3. The van der Waals surface area contributed by atoms with Crippen molar-refractivity contribution in [3.63, 3.8) is 0 Å². The molecule has 8 nitrogen and oxygen atoms in total. The maximum atomic E-state index is 13.7. The van der Waals surface area contributed by atoms with Crippen molar-refractivity contribution >= 4 is 17.9 Å². The number of aliphatic hydroxyl groups excluding tert-OH is 1. The number of rotatable bonds is 12. The van der Waals surface area contributed by atoms with Crippen molar-refractivity contribution in [1.82, 2.24) is 15.5 Å². The predicted octanol–water partition coefficient (Wildman–Crippen LogP) is 3.95. The predicted molar refractivity (Wildman–Crippen MR) is 139 cm³/mol. The SMILES string of the molecule is CCCCCN(C(=O)C(CO)NC(=O)OC(C)(C)C)C(C(=O)NCc1ccccc1)c1ccccc1. The molecular formula is C28H39N3O5. The van der Waals surface area contributed by atoms with Crippen LogP contribution in [0.15, 0.2) is 60.7 Å². The molecule has 8 heteroatoms. The average Bonchev–Trinajstić information content (AvgIpc) is 2.85. The van der Waals surface area contributed by atoms with Crippen LogP contribution in [0.4, 0.5) is 4.79 Å². The van der Waals surface area contributed by atoms with E-state index in [2.05, 4.69) is 10.6 Å². The van der Waals surface area contributed by atoms with Crippen molar-refractivity contribution in [3.05, 3.63) is 71.8 Å². The molecule has 196 valence electrons. The lowest BCUT2D eigenvalue weighted by molar-refractivity contribution is -0.143. The van der Waals surface area contributed by atoms with Gasteiger partial charge in [0.15, 0.2) is 0 Å². The maximum absolute atomic E-state index is 13.7. The Kier molecular flexibility index (Phi) is 11.4. The van der Waals surface area contributed by atoms with Gasteiger partial charge in [-0.3, -0.25) is 9.59 Å². The van der Waals surface area contributed by atoms with Gasteiger partial charge in [0.1, 0.15) is 17.7 Å². The Morgan fingerprint density at radius 3 is 2.14 bits per heavy atom. The van der Waals surface area contributed by atoms with E-state index in [1.807, 2.05) is 55.5 Å². The van der Waals surface area contributed by atoms with Crippen LogP contribution in [-0.2, 0) is 20.9 Å². The number of alkyl carbamates (subject to hydrolysis) is 1. The molecule has 2 aromatic carbocycles. The number of hydrogen-bond acceptors (Lipinski definition) is 5. The van der Waals surface area contributed by atoms with Crippen LogP contribution in [0.1, 0.15) is 64.1 Å². The molecule has 2 unspecified atom stereocenters. The maximum Gasteiger partial charge on any atom is 0.408 e. The first-order valence-electron chi connectivity index (χ1n) is 12.4. The highest BCUT2D eigenvalue weighted by Crippen LogP contribution is 2.23.